The van der Waals surface area contributed by atoms with Crippen molar-refractivity contribution in [3.63, 3.8) is 0 Å². The second-order valence-corrected chi connectivity index (χ2v) is 6.62. The van der Waals surface area contributed by atoms with Crippen LogP contribution in [0.3, 0.4) is 0 Å². The lowest BCUT2D eigenvalue weighted by molar-refractivity contribution is -0.126. The van der Waals surface area contributed by atoms with Gasteiger partial charge in [0.2, 0.25) is 0 Å². The Labute approximate surface area is 173 Å². The van der Waals surface area contributed by atoms with Gasteiger partial charge in [0.15, 0.2) is 0 Å². The molecule has 9 nitrogen and oxygen atoms in total. The summed E-state index contributed by atoms with van der Waals surface area (Å²) in [5.41, 5.74) is 12.0. The Morgan fingerprint density at radius 1 is 1.37 bits per heavy atom. The zero-order chi connectivity index (χ0) is 21.7. The lowest BCUT2D eigenvalue weighted by Crippen LogP contribution is -2.23. The molecule has 1 amide bonds. The van der Waals surface area contributed by atoms with E-state index in [1.54, 1.807) is 0 Å². The van der Waals surface area contributed by atoms with Gasteiger partial charge < -0.3 is 15.4 Å². The summed E-state index contributed by atoms with van der Waals surface area (Å²) in [4.78, 5) is 25.4. The van der Waals surface area contributed by atoms with Gasteiger partial charge in [-0.1, -0.05) is 29.8 Å². The number of nitriles is 1. The Bertz CT molecular complexity index is 1140. The molecule has 0 aliphatic heterocycles. The molecular formula is C21H22N6O3. The third kappa shape index (κ3) is 4.00. The number of nitrogens with one attached hydrogen (secondary N) is 1. The van der Waals surface area contributed by atoms with Crippen LogP contribution in [0.4, 0.5) is 5.82 Å². The van der Waals surface area contributed by atoms with Crippen LogP contribution in [0.2, 0.25) is 0 Å². The minimum atomic E-state index is -0.673. The molecule has 0 atom stereocenters. The number of rotatable bonds is 7. The highest BCUT2D eigenvalue weighted by molar-refractivity contribution is 6.08. The number of fused-ring (bicyclic) bond motifs is 1. The molecular weight excluding hydrogens is 384 g/mol. The van der Waals surface area contributed by atoms with Crippen molar-refractivity contribution in [3.8, 4) is 17.2 Å². The molecule has 2 heterocycles. The molecule has 9 heteroatoms. The molecule has 0 aliphatic carbocycles. The Morgan fingerprint density at radius 2 is 2.10 bits per heavy atom. The van der Waals surface area contributed by atoms with E-state index >= 15 is 0 Å². The molecule has 1 aromatic carbocycles. The smallest absolute Gasteiger partial charge is 0.285 e. The second-order valence-electron chi connectivity index (χ2n) is 6.62. The summed E-state index contributed by atoms with van der Waals surface area (Å²) in [6, 6.07) is 9.70. The zero-order valence-electron chi connectivity index (χ0n) is 16.7. The van der Waals surface area contributed by atoms with Crippen LogP contribution in [0.15, 0.2) is 36.2 Å². The van der Waals surface area contributed by atoms with Crippen LogP contribution in [0.25, 0.3) is 28.2 Å². The Kier molecular flexibility index (Phi) is 6.41. The number of carbonyl (C=O) groups excluding carboxylic acids is 1. The molecule has 0 saturated carbocycles. The number of nitrogens with zero attached hydrogens (tertiary/aromatic N) is 4. The van der Waals surface area contributed by atoms with Crippen LogP contribution in [0, 0.1) is 18.3 Å². The quantitative estimate of drug-likeness (QED) is 0.309. The van der Waals surface area contributed by atoms with Gasteiger partial charge in [0.25, 0.3) is 5.91 Å². The first-order valence-electron chi connectivity index (χ1n) is 9.27. The van der Waals surface area contributed by atoms with Gasteiger partial charge >= 0.3 is 0 Å². The number of aryl methyl sites for hydroxylation is 2. The van der Waals surface area contributed by atoms with Crippen molar-refractivity contribution in [1.82, 2.24) is 20.0 Å². The Balaban J connectivity index is 2.38. The number of benzene rings is 1. The number of hydrogen-bond acceptors (Lipinski definition) is 7. The number of amides is 1. The monoisotopic (exact) mass is 406 g/mol. The molecule has 0 radical (unpaired) electrons. The standard InChI is InChI=1S/C21H22N6O3/c1-13-4-6-14(7-5-13)17-16(10-15(11-22)21(29)26-30-2)27(8-3-9-28)20-18(17)19(23)24-12-25-20/h4-7,10,12,28H,3,8-9H2,1-2H3,(H,26,29)(H2,23,24,25). The maximum absolute atomic E-state index is 12.2. The molecule has 30 heavy (non-hydrogen) atoms. The number of aromatic nitrogens is 3. The summed E-state index contributed by atoms with van der Waals surface area (Å²) in [6.07, 6.45) is 3.29. The maximum Gasteiger partial charge on any atom is 0.285 e. The SMILES string of the molecule is CONC(=O)C(C#N)=Cc1c(-c2ccc(C)cc2)c2c(N)ncnc2n1CCCO. The second kappa shape index (κ2) is 9.17. The molecule has 0 saturated heterocycles. The van der Waals surface area contributed by atoms with Crippen molar-refractivity contribution in [1.29, 1.82) is 5.26 Å². The third-order valence-corrected chi connectivity index (χ3v) is 4.63. The van der Waals surface area contributed by atoms with Crippen LogP contribution in [-0.4, -0.2) is 39.3 Å². The highest BCUT2D eigenvalue weighted by Gasteiger charge is 2.22. The molecule has 0 unspecified atom stereocenters. The molecule has 2 aromatic heterocycles. The molecule has 3 aromatic rings. The van der Waals surface area contributed by atoms with Crippen molar-refractivity contribution in [2.24, 2.45) is 0 Å². The van der Waals surface area contributed by atoms with E-state index in [0.29, 0.717) is 35.3 Å². The van der Waals surface area contributed by atoms with Gasteiger partial charge in [-0.15, -0.1) is 0 Å². The van der Waals surface area contributed by atoms with Crippen molar-refractivity contribution < 1.29 is 14.7 Å². The molecule has 0 fully saturated rings. The zero-order valence-corrected chi connectivity index (χ0v) is 16.7. The molecule has 0 bridgehead atoms. The molecule has 154 valence electrons. The van der Waals surface area contributed by atoms with Gasteiger partial charge in [0.1, 0.15) is 29.4 Å². The van der Waals surface area contributed by atoms with E-state index < -0.39 is 5.91 Å². The van der Waals surface area contributed by atoms with E-state index in [-0.39, 0.29) is 18.0 Å². The molecule has 0 aliphatic rings. The highest BCUT2D eigenvalue weighted by atomic mass is 16.6. The van der Waals surface area contributed by atoms with E-state index in [1.807, 2.05) is 41.8 Å². The first-order valence-corrected chi connectivity index (χ1v) is 9.27. The summed E-state index contributed by atoms with van der Waals surface area (Å²) in [5.74, 6) is -0.388. The average Bonchev–Trinajstić information content (AvgIpc) is 3.05. The van der Waals surface area contributed by atoms with E-state index in [4.69, 9.17) is 5.73 Å². The van der Waals surface area contributed by atoms with Crippen LogP contribution >= 0.6 is 0 Å². The predicted octanol–water partition coefficient (Wildman–Crippen LogP) is 1.96. The number of nitrogens with two attached hydrogens (primary N) is 1. The first kappa shape index (κ1) is 21.0. The van der Waals surface area contributed by atoms with E-state index in [2.05, 4.69) is 20.3 Å². The topological polar surface area (TPSA) is 139 Å². The van der Waals surface area contributed by atoms with Crippen molar-refractivity contribution >= 4 is 28.8 Å². The van der Waals surface area contributed by atoms with Crippen LogP contribution in [0.5, 0.6) is 0 Å². The Hall–Kier alpha value is -3.74. The fourth-order valence-electron chi connectivity index (χ4n) is 3.26. The summed E-state index contributed by atoms with van der Waals surface area (Å²) >= 11 is 0. The number of aliphatic hydroxyl groups excluding tert-OH is 1. The van der Waals surface area contributed by atoms with Gasteiger partial charge in [-0.3, -0.25) is 9.63 Å². The lowest BCUT2D eigenvalue weighted by atomic mass is 10.0. The number of aliphatic hydroxyl groups is 1. The summed E-state index contributed by atoms with van der Waals surface area (Å²) in [6.45, 7) is 2.36. The van der Waals surface area contributed by atoms with Crippen molar-refractivity contribution in [2.75, 3.05) is 19.5 Å². The summed E-state index contributed by atoms with van der Waals surface area (Å²) in [5, 5.41) is 19.5. The highest BCUT2D eigenvalue weighted by Crippen LogP contribution is 2.38. The maximum atomic E-state index is 12.2. The number of anilines is 1. The van der Waals surface area contributed by atoms with E-state index in [0.717, 1.165) is 11.1 Å². The number of hydroxylamine groups is 1. The fourth-order valence-corrected chi connectivity index (χ4v) is 3.26. The summed E-state index contributed by atoms with van der Waals surface area (Å²) < 4.78 is 1.83. The van der Waals surface area contributed by atoms with Crippen molar-refractivity contribution in [3.05, 3.63) is 47.4 Å². The van der Waals surface area contributed by atoms with Gasteiger partial charge in [0.05, 0.1) is 18.2 Å². The minimum Gasteiger partial charge on any atom is -0.396 e. The van der Waals surface area contributed by atoms with Crippen LogP contribution < -0.4 is 11.2 Å². The molecule has 0 spiro atoms. The normalized spacial score (nSPS) is 11.5. The van der Waals surface area contributed by atoms with Crippen LogP contribution in [-0.2, 0) is 16.2 Å². The Morgan fingerprint density at radius 3 is 2.73 bits per heavy atom. The molecule has 3 rings (SSSR count). The van der Waals surface area contributed by atoms with Gasteiger partial charge in [-0.05, 0) is 25.0 Å². The number of nitrogen functional groups attached to an aromatic ring is 1. The number of carbonyl (C=O) groups is 1. The average molecular weight is 406 g/mol. The summed E-state index contributed by atoms with van der Waals surface area (Å²) in [7, 11) is 1.29. The van der Waals surface area contributed by atoms with Gasteiger partial charge in [-0.2, -0.15) is 5.26 Å². The van der Waals surface area contributed by atoms with E-state index in [1.165, 1.54) is 19.5 Å². The van der Waals surface area contributed by atoms with Crippen molar-refractivity contribution in [2.45, 2.75) is 19.9 Å². The molecule has 4 N–H and O–H groups in total. The van der Waals surface area contributed by atoms with Crippen LogP contribution in [0.1, 0.15) is 17.7 Å². The van der Waals surface area contributed by atoms with Gasteiger partial charge in [0, 0.05) is 18.7 Å². The number of hydrogen-bond donors (Lipinski definition) is 3. The van der Waals surface area contributed by atoms with Gasteiger partial charge in [-0.25, -0.2) is 15.4 Å². The predicted molar refractivity (Wildman–Crippen MR) is 113 cm³/mol. The third-order valence-electron chi connectivity index (χ3n) is 4.63. The minimum absolute atomic E-state index is 0.0292. The largest absolute Gasteiger partial charge is 0.396 e. The first-order chi connectivity index (χ1) is 14.5. The van der Waals surface area contributed by atoms with E-state index in [9.17, 15) is 15.2 Å². The lowest BCUT2D eigenvalue weighted by Gasteiger charge is -2.09. The fraction of sp³-hybridized carbons (Fsp3) is 0.238.